The smallest absolute Gasteiger partial charge is 0.126 e. The molecule has 0 aliphatic carbocycles. The highest BCUT2D eigenvalue weighted by atomic mass is 19.1. The molecule has 1 unspecified atom stereocenters. The molecule has 0 bridgehead atoms. The summed E-state index contributed by atoms with van der Waals surface area (Å²) in [4.78, 5) is 4.17. The van der Waals surface area contributed by atoms with Crippen LogP contribution in [-0.4, -0.2) is 9.55 Å². The summed E-state index contributed by atoms with van der Waals surface area (Å²) in [6, 6.07) is 26.1. The molecule has 0 radical (unpaired) electrons. The van der Waals surface area contributed by atoms with E-state index in [4.69, 9.17) is 0 Å². The van der Waals surface area contributed by atoms with E-state index in [0.717, 1.165) is 12.0 Å². The van der Waals surface area contributed by atoms with E-state index >= 15 is 0 Å². The van der Waals surface area contributed by atoms with E-state index in [0.29, 0.717) is 6.42 Å². The van der Waals surface area contributed by atoms with Crippen molar-refractivity contribution in [3.8, 4) is 11.1 Å². The van der Waals surface area contributed by atoms with Crippen molar-refractivity contribution in [2.75, 3.05) is 0 Å². The molecule has 3 heteroatoms. The molecule has 3 aromatic carbocycles. The standard InChI is InChI=1S/C24H21FN2/c25-24-9-5-4-8-22(24)17-23(27-15-14-26-18-27)16-19-10-12-21(13-11-19)20-6-2-1-3-7-20/h1-15,18,23H,16-17H2. The third kappa shape index (κ3) is 4.14. The molecule has 0 aliphatic rings. The second-order valence-electron chi connectivity index (χ2n) is 6.73. The van der Waals surface area contributed by atoms with Crippen LogP contribution in [0.2, 0.25) is 0 Å². The largest absolute Gasteiger partial charge is 0.334 e. The summed E-state index contributed by atoms with van der Waals surface area (Å²) in [5.74, 6) is -0.151. The van der Waals surface area contributed by atoms with Gasteiger partial charge in [0.1, 0.15) is 5.82 Å². The number of nitrogens with zero attached hydrogens (tertiary/aromatic N) is 2. The summed E-state index contributed by atoms with van der Waals surface area (Å²) >= 11 is 0. The molecule has 1 aromatic heterocycles. The summed E-state index contributed by atoms with van der Waals surface area (Å²) in [5, 5.41) is 0. The van der Waals surface area contributed by atoms with Crippen LogP contribution >= 0.6 is 0 Å². The van der Waals surface area contributed by atoms with Gasteiger partial charge >= 0.3 is 0 Å². The summed E-state index contributed by atoms with van der Waals surface area (Å²) in [6.07, 6.45) is 6.98. The number of hydrogen-bond acceptors (Lipinski definition) is 1. The Hall–Kier alpha value is -3.20. The van der Waals surface area contributed by atoms with Crippen LogP contribution in [0.4, 0.5) is 4.39 Å². The van der Waals surface area contributed by atoms with Crippen molar-refractivity contribution in [2.45, 2.75) is 18.9 Å². The molecule has 2 nitrogen and oxygen atoms in total. The lowest BCUT2D eigenvalue weighted by Crippen LogP contribution is -2.14. The second-order valence-corrected chi connectivity index (χ2v) is 6.73. The van der Waals surface area contributed by atoms with Gasteiger partial charge in [-0.15, -0.1) is 0 Å². The Morgan fingerprint density at radius 2 is 1.48 bits per heavy atom. The van der Waals surface area contributed by atoms with Gasteiger partial charge in [-0.1, -0.05) is 72.8 Å². The van der Waals surface area contributed by atoms with Crippen molar-refractivity contribution in [2.24, 2.45) is 0 Å². The van der Waals surface area contributed by atoms with E-state index in [9.17, 15) is 4.39 Å². The third-order valence-electron chi connectivity index (χ3n) is 4.89. The molecule has 0 fully saturated rings. The van der Waals surface area contributed by atoms with Gasteiger partial charge in [0.15, 0.2) is 0 Å². The van der Waals surface area contributed by atoms with Crippen molar-refractivity contribution in [1.29, 1.82) is 0 Å². The number of halogens is 1. The molecule has 0 aliphatic heterocycles. The molecular weight excluding hydrogens is 335 g/mol. The predicted octanol–water partition coefficient (Wildman–Crippen LogP) is 5.72. The molecule has 27 heavy (non-hydrogen) atoms. The monoisotopic (exact) mass is 356 g/mol. The maximum atomic E-state index is 14.1. The van der Waals surface area contributed by atoms with Crippen LogP contribution in [0.5, 0.6) is 0 Å². The van der Waals surface area contributed by atoms with Crippen molar-refractivity contribution in [1.82, 2.24) is 9.55 Å². The molecule has 134 valence electrons. The van der Waals surface area contributed by atoms with E-state index in [1.54, 1.807) is 12.3 Å². The molecule has 0 spiro atoms. The van der Waals surface area contributed by atoms with Crippen LogP contribution in [0.25, 0.3) is 11.1 Å². The number of hydrogen-bond donors (Lipinski definition) is 0. The first kappa shape index (κ1) is 17.2. The van der Waals surface area contributed by atoms with Crippen molar-refractivity contribution in [3.63, 3.8) is 0 Å². The molecule has 4 aromatic rings. The normalized spacial score (nSPS) is 12.0. The summed E-state index contributed by atoms with van der Waals surface area (Å²) in [7, 11) is 0. The zero-order valence-corrected chi connectivity index (χ0v) is 15.0. The van der Waals surface area contributed by atoms with Gasteiger partial charge < -0.3 is 4.57 Å². The first-order valence-electron chi connectivity index (χ1n) is 9.15. The fraction of sp³-hybridized carbons (Fsp3) is 0.125. The highest BCUT2D eigenvalue weighted by Crippen LogP contribution is 2.24. The molecule has 0 amide bonds. The number of benzene rings is 3. The Bertz CT molecular complexity index is 977. The fourth-order valence-corrected chi connectivity index (χ4v) is 3.42. The van der Waals surface area contributed by atoms with Gasteiger partial charge in [-0.05, 0) is 41.2 Å². The minimum absolute atomic E-state index is 0.118. The summed E-state index contributed by atoms with van der Waals surface area (Å²) in [5.41, 5.74) is 4.37. The Kier molecular flexibility index (Phi) is 5.10. The van der Waals surface area contributed by atoms with E-state index in [-0.39, 0.29) is 11.9 Å². The maximum Gasteiger partial charge on any atom is 0.126 e. The molecule has 0 N–H and O–H groups in total. The molecule has 0 saturated carbocycles. The SMILES string of the molecule is Fc1ccccc1CC(Cc1ccc(-c2ccccc2)cc1)n1ccnc1. The van der Waals surface area contributed by atoms with Crippen LogP contribution in [0.3, 0.4) is 0 Å². The highest BCUT2D eigenvalue weighted by molar-refractivity contribution is 5.63. The molecular formula is C24H21FN2. The third-order valence-corrected chi connectivity index (χ3v) is 4.89. The van der Waals surface area contributed by atoms with Crippen LogP contribution < -0.4 is 0 Å². The van der Waals surface area contributed by atoms with Gasteiger partial charge in [0.25, 0.3) is 0 Å². The highest BCUT2D eigenvalue weighted by Gasteiger charge is 2.15. The number of imidazole rings is 1. The first-order valence-corrected chi connectivity index (χ1v) is 9.15. The maximum absolute atomic E-state index is 14.1. The van der Waals surface area contributed by atoms with Gasteiger partial charge in [-0.2, -0.15) is 0 Å². The van der Waals surface area contributed by atoms with Gasteiger partial charge in [0, 0.05) is 18.4 Å². The van der Waals surface area contributed by atoms with Gasteiger partial charge in [-0.3, -0.25) is 0 Å². The lowest BCUT2D eigenvalue weighted by atomic mass is 9.96. The molecule has 0 saturated heterocycles. The van der Waals surface area contributed by atoms with E-state index in [2.05, 4.69) is 45.9 Å². The Labute approximate surface area is 159 Å². The number of aromatic nitrogens is 2. The average Bonchev–Trinajstić information content (AvgIpc) is 3.25. The van der Waals surface area contributed by atoms with Gasteiger partial charge in [0.2, 0.25) is 0 Å². The van der Waals surface area contributed by atoms with Crippen LogP contribution in [-0.2, 0) is 12.8 Å². The topological polar surface area (TPSA) is 17.8 Å². The minimum atomic E-state index is -0.151. The number of rotatable bonds is 6. The lowest BCUT2D eigenvalue weighted by Gasteiger charge is -2.19. The molecule has 1 atom stereocenters. The van der Waals surface area contributed by atoms with Gasteiger partial charge in [0.05, 0.1) is 6.33 Å². The van der Waals surface area contributed by atoms with Crippen molar-refractivity contribution < 1.29 is 4.39 Å². The quantitative estimate of drug-likeness (QED) is 0.432. The lowest BCUT2D eigenvalue weighted by molar-refractivity contribution is 0.481. The average molecular weight is 356 g/mol. The zero-order chi connectivity index (χ0) is 18.5. The summed E-state index contributed by atoms with van der Waals surface area (Å²) in [6.45, 7) is 0. The van der Waals surface area contributed by atoms with Gasteiger partial charge in [-0.25, -0.2) is 9.37 Å². The predicted molar refractivity (Wildman–Crippen MR) is 107 cm³/mol. The first-order chi connectivity index (χ1) is 13.3. The van der Waals surface area contributed by atoms with Crippen LogP contribution in [0.15, 0.2) is 97.6 Å². The minimum Gasteiger partial charge on any atom is -0.334 e. The van der Waals surface area contributed by atoms with Crippen molar-refractivity contribution in [3.05, 3.63) is 115 Å². The Morgan fingerprint density at radius 3 is 2.19 bits per heavy atom. The second kappa shape index (κ2) is 8.00. The zero-order valence-electron chi connectivity index (χ0n) is 15.0. The fourth-order valence-electron chi connectivity index (χ4n) is 3.42. The van der Waals surface area contributed by atoms with Crippen LogP contribution in [0, 0.1) is 5.82 Å². The van der Waals surface area contributed by atoms with E-state index < -0.39 is 0 Å². The molecule has 1 heterocycles. The Balaban J connectivity index is 1.56. The van der Waals surface area contributed by atoms with E-state index in [1.165, 1.54) is 22.8 Å². The Morgan fingerprint density at radius 1 is 0.778 bits per heavy atom. The van der Waals surface area contributed by atoms with E-state index in [1.807, 2.05) is 42.9 Å². The molecule has 4 rings (SSSR count). The van der Waals surface area contributed by atoms with Crippen LogP contribution in [0.1, 0.15) is 17.2 Å². The summed E-state index contributed by atoms with van der Waals surface area (Å²) < 4.78 is 16.2. The van der Waals surface area contributed by atoms with Crippen molar-refractivity contribution >= 4 is 0 Å².